The van der Waals surface area contributed by atoms with E-state index < -0.39 is 11.5 Å². The minimum atomic E-state index is -0.562. The zero-order valence-corrected chi connectivity index (χ0v) is 19.4. The second kappa shape index (κ2) is 8.94. The number of carbonyl (C=O) groups excluding carboxylic acids is 1. The van der Waals surface area contributed by atoms with Crippen molar-refractivity contribution in [3.63, 3.8) is 0 Å². The third kappa shape index (κ3) is 4.31. The summed E-state index contributed by atoms with van der Waals surface area (Å²) in [6.45, 7) is 3.85. The van der Waals surface area contributed by atoms with Crippen LogP contribution in [0.3, 0.4) is 0 Å². The van der Waals surface area contributed by atoms with Crippen LogP contribution in [0.1, 0.15) is 27.3 Å². The number of nitrogens with one attached hydrogen (secondary N) is 1. The van der Waals surface area contributed by atoms with E-state index in [0.29, 0.717) is 29.0 Å². The Morgan fingerprint density at radius 1 is 0.971 bits per heavy atom. The molecule has 2 aromatic carbocycles. The molecule has 35 heavy (non-hydrogen) atoms. The van der Waals surface area contributed by atoms with E-state index in [0.717, 1.165) is 22.6 Å². The highest BCUT2D eigenvalue weighted by Gasteiger charge is 2.20. The number of hydrogen-bond donors (Lipinski definition) is 2. The van der Waals surface area contributed by atoms with Gasteiger partial charge in [0.25, 0.3) is 0 Å². The molecule has 176 valence electrons. The van der Waals surface area contributed by atoms with Gasteiger partial charge in [0.15, 0.2) is 0 Å². The van der Waals surface area contributed by atoms with Crippen molar-refractivity contribution in [3.8, 4) is 11.4 Å². The van der Waals surface area contributed by atoms with Gasteiger partial charge in [0, 0.05) is 18.6 Å². The minimum absolute atomic E-state index is 0.168. The number of fused-ring (bicyclic) bond motifs is 1. The highest BCUT2D eigenvalue weighted by molar-refractivity contribution is 6.03. The maximum Gasteiger partial charge on any atom is 0.339 e. The lowest BCUT2D eigenvalue weighted by Gasteiger charge is -2.08. The lowest BCUT2D eigenvalue weighted by atomic mass is 10.1. The average molecular weight is 469 g/mol. The van der Waals surface area contributed by atoms with Crippen molar-refractivity contribution in [2.24, 2.45) is 0 Å². The van der Waals surface area contributed by atoms with Crippen molar-refractivity contribution in [2.75, 3.05) is 12.3 Å². The number of nitrogens with two attached hydrogens (primary N) is 1. The average Bonchev–Trinajstić information content (AvgIpc) is 3.37. The van der Waals surface area contributed by atoms with E-state index in [-0.39, 0.29) is 12.2 Å². The molecule has 0 amide bonds. The largest absolute Gasteiger partial charge is 0.462 e. The van der Waals surface area contributed by atoms with Crippen LogP contribution in [0.15, 0.2) is 71.5 Å². The Hall–Kier alpha value is -4.66. The number of pyridine rings is 1. The van der Waals surface area contributed by atoms with Gasteiger partial charge in [0.05, 0.1) is 40.3 Å². The van der Waals surface area contributed by atoms with Gasteiger partial charge in [-0.2, -0.15) is 10.2 Å². The molecule has 9 heteroatoms. The monoisotopic (exact) mass is 468 g/mol. The van der Waals surface area contributed by atoms with Crippen LogP contribution in [0.5, 0.6) is 0 Å². The number of anilines is 1. The van der Waals surface area contributed by atoms with Crippen LogP contribution in [0, 0.1) is 13.8 Å². The molecule has 0 saturated carbocycles. The van der Waals surface area contributed by atoms with Gasteiger partial charge in [-0.15, -0.1) is 0 Å². The normalized spacial score (nSPS) is 11.1. The van der Waals surface area contributed by atoms with Crippen molar-refractivity contribution >= 4 is 22.8 Å². The molecule has 0 atom stereocenters. The Kier molecular flexibility index (Phi) is 5.66. The summed E-state index contributed by atoms with van der Waals surface area (Å²) >= 11 is 0. The number of benzene rings is 2. The van der Waals surface area contributed by atoms with E-state index in [1.165, 1.54) is 6.07 Å². The van der Waals surface area contributed by atoms with Crippen LogP contribution in [-0.2, 0) is 11.2 Å². The van der Waals surface area contributed by atoms with Crippen molar-refractivity contribution in [1.82, 2.24) is 24.5 Å². The van der Waals surface area contributed by atoms with Crippen LogP contribution in [0.25, 0.3) is 22.4 Å². The van der Waals surface area contributed by atoms with Gasteiger partial charge in [-0.05, 0) is 43.7 Å². The predicted octanol–water partition coefficient (Wildman–Crippen LogP) is 3.50. The lowest BCUT2D eigenvalue weighted by molar-refractivity contribution is 0.0511. The first-order valence-electron chi connectivity index (χ1n) is 11.2. The molecule has 0 fully saturated rings. The number of aromatic amines is 1. The number of rotatable bonds is 6. The molecule has 0 bridgehead atoms. The molecule has 0 unspecified atom stereocenters. The molecule has 9 nitrogen and oxygen atoms in total. The number of nitrogens with zero attached hydrogens (tertiary/aromatic N) is 4. The summed E-state index contributed by atoms with van der Waals surface area (Å²) in [6.07, 6.45) is 0.522. The predicted molar refractivity (Wildman–Crippen MR) is 133 cm³/mol. The molecule has 0 spiro atoms. The molecule has 0 aliphatic carbocycles. The van der Waals surface area contributed by atoms with E-state index in [1.807, 2.05) is 67.6 Å². The van der Waals surface area contributed by atoms with Crippen LogP contribution in [-0.4, -0.2) is 37.1 Å². The summed E-state index contributed by atoms with van der Waals surface area (Å²) in [5, 5.41) is 9.48. The molecule has 3 aromatic heterocycles. The van der Waals surface area contributed by atoms with Gasteiger partial charge in [0.2, 0.25) is 5.56 Å². The molecule has 5 rings (SSSR count). The smallest absolute Gasteiger partial charge is 0.339 e. The Morgan fingerprint density at radius 2 is 1.69 bits per heavy atom. The van der Waals surface area contributed by atoms with Crippen molar-refractivity contribution in [3.05, 3.63) is 99.6 Å². The molecular weight excluding hydrogens is 444 g/mol. The maximum absolute atomic E-state index is 12.9. The highest BCUT2D eigenvalue weighted by Crippen LogP contribution is 2.23. The van der Waals surface area contributed by atoms with Crippen molar-refractivity contribution < 1.29 is 9.53 Å². The number of H-pyrrole nitrogens is 1. The Balaban J connectivity index is 1.33. The van der Waals surface area contributed by atoms with Crippen LogP contribution >= 0.6 is 0 Å². The first kappa shape index (κ1) is 22.1. The Labute approximate surface area is 200 Å². The minimum Gasteiger partial charge on any atom is -0.462 e. The van der Waals surface area contributed by atoms with Gasteiger partial charge < -0.3 is 15.5 Å². The molecule has 0 saturated heterocycles. The fraction of sp³-hybridized carbons (Fsp3) is 0.154. The lowest BCUT2D eigenvalue weighted by Crippen LogP contribution is -2.15. The standard InChI is InChI=1S/C26H24N6O3/c1-16-14-22(27)31(29-16)20-10-8-18(9-11-20)12-13-35-26(34)21-15-23(33)28-25-24(21)17(2)30-32(25)19-6-4-3-5-7-19/h3-11,14-15H,12-13,27H2,1-2H3,(H,28,33). The fourth-order valence-electron chi connectivity index (χ4n) is 4.11. The summed E-state index contributed by atoms with van der Waals surface area (Å²) in [6, 6.07) is 20.2. The third-order valence-corrected chi connectivity index (χ3v) is 5.73. The first-order chi connectivity index (χ1) is 16.9. The second-order valence-corrected chi connectivity index (χ2v) is 8.28. The summed E-state index contributed by atoms with van der Waals surface area (Å²) in [4.78, 5) is 28.1. The van der Waals surface area contributed by atoms with E-state index in [1.54, 1.807) is 16.3 Å². The van der Waals surface area contributed by atoms with Gasteiger partial charge in [-0.1, -0.05) is 30.3 Å². The number of carbonyl (C=O) groups is 1. The number of aryl methyl sites for hydroxylation is 2. The van der Waals surface area contributed by atoms with Crippen LogP contribution in [0.2, 0.25) is 0 Å². The number of ether oxygens (including phenoxy) is 1. The van der Waals surface area contributed by atoms with E-state index in [9.17, 15) is 9.59 Å². The first-order valence-corrected chi connectivity index (χ1v) is 11.2. The quantitative estimate of drug-likeness (QED) is 0.368. The van der Waals surface area contributed by atoms with Gasteiger partial charge in [0.1, 0.15) is 11.5 Å². The Morgan fingerprint density at radius 3 is 2.37 bits per heavy atom. The topological polar surface area (TPSA) is 121 Å². The van der Waals surface area contributed by atoms with Gasteiger partial charge >= 0.3 is 5.97 Å². The third-order valence-electron chi connectivity index (χ3n) is 5.73. The van der Waals surface area contributed by atoms with Gasteiger partial charge in [-0.3, -0.25) is 4.79 Å². The van der Waals surface area contributed by atoms with Crippen molar-refractivity contribution in [1.29, 1.82) is 0 Å². The summed E-state index contributed by atoms with van der Waals surface area (Å²) in [5.74, 6) is 0.00689. The van der Waals surface area contributed by atoms with E-state index >= 15 is 0 Å². The number of nitrogen functional groups attached to an aromatic ring is 1. The zero-order valence-electron chi connectivity index (χ0n) is 19.4. The number of aromatic nitrogens is 5. The van der Waals surface area contributed by atoms with Crippen molar-refractivity contribution in [2.45, 2.75) is 20.3 Å². The number of esters is 1. The van der Waals surface area contributed by atoms with Gasteiger partial charge in [-0.25, -0.2) is 14.2 Å². The molecule has 3 heterocycles. The fourth-order valence-corrected chi connectivity index (χ4v) is 4.11. The van der Waals surface area contributed by atoms with E-state index in [4.69, 9.17) is 10.5 Å². The molecule has 0 aliphatic heterocycles. The summed E-state index contributed by atoms with van der Waals surface area (Å²) < 4.78 is 8.84. The highest BCUT2D eigenvalue weighted by atomic mass is 16.5. The summed E-state index contributed by atoms with van der Waals surface area (Å²) in [5.41, 5.74) is 10.3. The second-order valence-electron chi connectivity index (χ2n) is 8.28. The number of para-hydroxylation sites is 1. The van der Waals surface area contributed by atoms with E-state index in [2.05, 4.69) is 15.2 Å². The summed E-state index contributed by atoms with van der Waals surface area (Å²) in [7, 11) is 0. The van der Waals surface area contributed by atoms with Crippen LogP contribution < -0.4 is 11.3 Å². The SMILES string of the molecule is Cc1cc(N)n(-c2ccc(CCOC(=O)c3cc(=O)[nH]c4c3c(C)nn4-c3ccccc3)cc2)n1. The Bertz CT molecular complexity index is 1580. The molecular formula is C26H24N6O3. The molecule has 3 N–H and O–H groups in total. The molecule has 0 aliphatic rings. The number of hydrogen-bond acceptors (Lipinski definition) is 6. The molecule has 5 aromatic rings. The van der Waals surface area contributed by atoms with Crippen LogP contribution in [0.4, 0.5) is 5.82 Å². The maximum atomic E-state index is 12.9. The molecule has 0 radical (unpaired) electrons. The zero-order chi connectivity index (χ0) is 24.5.